The normalized spacial score (nSPS) is 14.7. The van der Waals surface area contributed by atoms with Gasteiger partial charge in [0, 0.05) is 24.1 Å². The van der Waals surface area contributed by atoms with Gasteiger partial charge in [-0.1, -0.05) is 17.7 Å². The van der Waals surface area contributed by atoms with Gasteiger partial charge in [0.15, 0.2) is 0 Å². The third-order valence-corrected chi connectivity index (χ3v) is 4.54. The molecule has 1 aliphatic carbocycles. The van der Waals surface area contributed by atoms with Crippen LogP contribution in [0.3, 0.4) is 0 Å². The van der Waals surface area contributed by atoms with Crippen LogP contribution < -0.4 is 10.1 Å². The van der Waals surface area contributed by atoms with Crippen molar-refractivity contribution in [1.82, 2.24) is 9.88 Å². The second-order valence-corrected chi connectivity index (χ2v) is 6.52. The molecule has 1 fully saturated rings. The number of urea groups is 1. The zero-order valence-corrected chi connectivity index (χ0v) is 15.2. The molecule has 1 heterocycles. The van der Waals surface area contributed by atoms with Crippen molar-refractivity contribution in [3.05, 3.63) is 53.3 Å². The van der Waals surface area contributed by atoms with Gasteiger partial charge in [-0.25, -0.2) is 4.79 Å². The number of benzene rings is 1. The molecule has 1 saturated carbocycles. The van der Waals surface area contributed by atoms with Gasteiger partial charge >= 0.3 is 6.03 Å². The van der Waals surface area contributed by atoms with E-state index in [1.54, 1.807) is 30.6 Å². The average molecular weight is 360 g/mol. The summed E-state index contributed by atoms with van der Waals surface area (Å²) in [6, 6.07) is 9.27. The van der Waals surface area contributed by atoms with Gasteiger partial charge < -0.3 is 15.0 Å². The molecule has 1 atom stereocenters. The molecule has 1 aliphatic rings. The van der Waals surface area contributed by atoms with Gasteiger partial charge in [-0.2, -0.15) is 0 Å². The van der Waals surface area contributed by atoms with Gasteiger partial charge in [0.2, 0.25) is 0 Å². The van der Waals surface area contributed by atoms with Crippen molar-refractivity contribution in [1.29, 1.82) is 0 Å². The molecule has 5 nitrogen and oxygen atoms in total. The Hall–Kier alpha value is -2.27. The molecule has 1 unspecified atom stereocenters. The Bertz CT molecular complexity index is 735. The van der Waals surface area contributed by atoms with Crippen LogP contribution in [0.5, 0.6) is 5.75 Å². The molecule has 3 rings (SSSR count). The first-order chi connectivity index (χ1) is 12.1. The molecule has 0 aliphatic heterocycles. The lowest BCUT2D eigenvalue weighted by Gasteiger charge is -2.29. The fraction of sp³-hybridized carbons (Fsp3) is 0.368. The van der Waals surface area contributed by atoms with Crippen LogP contribution >= 0.6 is 11.6 Å². The van der Waals surface area contributed by atoms with E-state index in [1.807, 2.05) is 30.9 Å². The molecule has 6 heteroatoms. The van der Waals surface area contributed by atoms with E-state index in [0.717, 1.165) is 18.4 Å². The summed E-state index contributed by atoms with van der Waals surface area (Å²) in [6.45, 7) is 4.48. The van der Waals surface area contributed by atoms with Crippen LogP contribution in [-0.2, 0) is 0 Å². The molecule has 0 saturated heterocycles. The minimum atomic E-state index is -0.126. The van der Waals surface area contributed by atoms with Crippen molar-refractivity contribution in [2.75, 3.05) is 11.9 Å². The van der Waals surface area contributed by atoms with Gasteiger partial charge in [-0.3, -0.25) is 4.98 Å². The molecule has 1 aromatic carbocycles. The van der Waals surface area contributed by atoms with Gasteiger partial charge in [-0.05, 0) is 56.5 Å². The lowest BCUT2D eigenvalue weighted by Crippen LogP contribution is -2.38. The molecule has 2 aromatic rings. The van der Waals surface area contributed by atoms with Crippen LogP contribution in [-0.4, -0.2) is 28.6 Å². The maximum atomic E-state index is 12.9. The number of halogens is 1. The number of pyridine rings is 1. The van der Waals surface area contributed by atoms with Crippen LogP contribution in [0.25, 0.3) is 0 Å². The number of carbonyl (C=O) groups is 1. The lowest BCUT2D eigenvalue weighted by molar-refractivity contribution is 0.189. The monoisotopic (exact) mass is 359 g/mol. The molecular formula is C19H22ClN3O2. The number of ether oxygens (including phenoxy) is 1. The second-order valence-electron chi connectivity index (χ2n) is 6.11. The number of rotatable bonds is 6. The molecular weight excluding hydrogens is 338 g/mol. The Kier molecular flexibility index (Phi) is 5.43. The first-order valence-electron chi connectivity index (χ1n) is 8.51. The van der Waals surface area contributed by atoms with Crippen molar-refractivity contribution in [2.24, 2.45) is 0 Å². The summed E-state index contributed by atoms with van der Waals surface area (Å²) < 4.78 is 5.43. The number of hydrogen-bond acceptors (Lipinski definition) is 3. The van der Waals surface area contributed by atoms with E-state index in [1.165, 1.54) is 0 Å². The number of aromatic nitrogens is 1. The number of amides is 2. The molecule has 1 aromatic heterocycles. The SMILES string of the molecule is CCOc1ccc(NC(=O)N(C2CC2)C(C)c2cccnc2)cc1Cl. The van der Waals surface area contributed by atoms with Crippen molar-refractivity contribution in [2.45, 2.75) is 38.8 Å². The topological polar surface area (TPSA) is 54.5 Å². The summed E-state index contributed by atoms with van der Waals surface area (Å²) in [6.07, 6.45) is 5.60. The van der Waals surface area contributed by atoms with Gasteiger partial charge in [0.05, 0.1) is 17.7 Å². The highest BCUT2D eigenvalue weighted by Crippen LogP contribution is 2.35. The lowest BCUT2D eigenvalue weighted by atomic mass is 10.1. The summed E-state index contributed by atoms with van der Waals surface area (Å²) in [5.74, 6) is 0.616. The quantitative estimate of drug-likeness (QED) is 0.798. The smallest absolute Gasteiger partial charge is 0.322 e. The highest BCUT2D eigenvalue weighted by molar-refractivity contribution is 6.32. The predicted molar refractivity (Wildman–Crippen MR) is 99.2 cm³/mol. The first kappa shape index (κ1) is 17.5. The first-order valence-corrected chi connectivity index (χ1v) is 8.89. The minimum Gasteiger partial charge on any atom is -0.492 e. The van der Waals surface area contributed by atoms with Crippen molar-refractivity contribution in [3.8, 4) is 5.75 Å². The van der Waals surface area contributed by atoms with E-state index in [-0.39, 0.29) is 18.1 Å². The van der Waals surface area contributed by atoms with Crippen LogP contribution in [0.1, 0.15) is 38.3 Å². The fourth-order valence-corrected chi connectivity index (χ4v) is 3.07. The molecule has 0 spiro atoms. The third-order valence-electron chi connectivity index (χ3n) is 4.24. The Labute approximate surface area is 153 Å². The zero-order valence-electron chi connectivity index (χ0n) is 14.4. The largest absolute Gasteiger partial charge is 0.492 e. The molecule has 25 heavy (non-hydrogen) atoms. The highest BCUT2D eigenvalue weighted by atomic mass is 35.5. The Morgan fingerprint density at radius 2 is 2.24 bits per heavy atom. The predicted octanol–water partition coefficient (Wildman–Crippen LogP) is 4.89. The van der Waals surface area contributed by atoms with Crippen LogP contribution in [0.4, 0.5) is 10.5 Å². The summed E-state index contributed by atoms with van der Waals surface area (Å²) in [7, 11) is 0. The molecule has 2 amide bonds. The summed E-state index contributed by atoms with van der Waals surface area (Å²) in [5.41, 5.74) is 1.68. The standard InChI is InChI=1S/C19H22ClN3O2/c1-3-25-18-9-6-15(11-17(18)20)22-19(24)23(16-7-8-16)13(2)14-5-4-10-21-12-14/h4-6,9-13,16H,3,7-8H2,1-2H3,(H,22,24). The van der Waals surface area contributed by atoms with E-state index in [4.69, 9.17) is 16.3 Å². The molecule has 132 valence electrons. The van der Waals surface area contributed by atoms with Crippen molar-refractivity contribution >= 4 is 23.3 Å². The Morgan fingerprint density at radius 1 is 1.44 bits per heavy atom. The van der Waals surface area contributed by atoms with E-state index in [9.17, 15) is 4.79 Å². The Morgan fingerprint density at radius 3 is 2.84 bits per heavy atom. The maximum absolute atomic E-state index is 12.9. The summed E-state index contributed by atoms with van der Waals surface area (Å²) >= 11 is 6.21. The van der Waals surface area contributed by atoms with Gasteiger partial charge in [-0.15, -0.1) is 0 Å². The van der Waals surface area contributed by atoms with Crippen molar-refractivity contribution < 1.29 is 9.53 Å². The van der Waals surface area contributed by atoms with Gasteiger partial charge in [0.25, 0.3) is 0 Å². The van der Waals surface area contributed by atoms with E-state index >= 15 is 0 Å². The van der Waals surface area contributed by atoms with E-state index < -0.39 is 0 Å². The van der Waals surface area contributed by atoms with Crippen LogP contribution in [0, 0.1) is 0 Å². The second kappa shape index (κ2) is 7.74. The molecule has 0 radical (unpaired) electrons. The maximum Gasteiger partial charge on any atom is 0.322 e. The van der Waals surface area contributed by atoms with Gasteiger partial charge in [0.1, 0.15) is 5.75 Å². The summed E-state index contributed by atoms with van der Waals surface area (Å²) in [5, 5.41) is 3.43. The minimum absolute atomic E-state index is 0.0423. The number of hydrogen-bond donors (Lipinski definition) is 1. The van der Waals surface area contributed by atoms with Crippen LogP contribution in [0.2, 0.25) is 5.02 Å². The zero-order chi connectivity index (χ0) is 17.8. The number of nitrogens with one attached hydrogen (secondary N) is 1. The summed E-state index contributed by atoms with van der Waals surface area (Å²) in [4.78, 5) is 18.9. The Balaban J connectivity index is 1.74. The highest BCUT2D eigenvalue weighted by Gasteiger charge is 2.36. The van der Waals surface area contributed by atoms with Crippen LogP contribution in [0.15, 0.2) is 42.7 Å². The van der Waals surface area contributed by atoms with E-state index in [0.29, 0.717) is 23.1 Å². The van der Waals surface area contributed by atoms with E-state index in [2.05, 4.69) is 10.3 Å². The van der Waals surface area contributed by atoms with Crippen molar-refractivity contribution in [3.63, 3.8) is 0 Å². The number of anilines is 1. The number of carbonyl (C=O) groups excluding carboxylic acids is 1. The molecule has 0 bridgehead atoms. The third kappa shape index (κ3) is 4.23. The average Bonchev–Trinajstić information content (AvgIpc) is 3.43. The number of nitrogens with zero attached hydrogens (tertiary/aromatic N) is 2. The molecule has 1 N–H and O–H groups in total. The fourth-order valence-electron chi connectivity index (χ4n) is 2.83.